The summed E-state index contributed by atoms with van der Waals surface area (Å²) in [6.45, 7) is 5.29. The maximum absolute atomic E-state index is 5.35. The van der Waals surface area contributed by atoms with Crippen molar-refractivity contribution >= 4 is 21.6 Å². The van der Waals surface area contributed by atoms with Crippen LogP contribution in [-0.4, -0.2) is 55.3 Å². The molecule has 2 aliphatic rings. The normalized spacial score (nSPS) is 17.0. The van der Waals surface area contributed by atoms with E-state index in [1.165, 1.54) is 29.7 Å². The van der Waals surface area contributed by atoms with Gasteiger partial charge in [-0.2, -0.15) is 0 Å². The third-order valence-corrected chi connectivity index (χ3v) is 7.95. The fraction of sp³-hybridized carbons (Fsp3) is 0.458. The molecule has 33 heavy (non-hydrogen) atoms. The lowest BCUT2D eigenvalue weighted by Gasteiger charge is -2.29. The first-order valence-electron chi connectivity index (χ1n) is 11.7. The maximum atomic E-state index is 5.35. The highest BCUT2D eigenvalue weighted by molar-refractivity contribution is 7.19. The molecule has 4 aromatic rings. The maximum Gasteiger partial charge on any atom is 0.205 e. The molecule has 0 N–H and O–H groups in total. The van der Waals surface area contributed by atoms with Gasteiger partial charge in [-0.3, -0.25) is 4.90 Å². The molecule has 0 radical (unpaired) electrons. The molecule has 1 saturated heterocycles. The zero-order chi connectivity index (χ0) is 22.4. The summed E-state index contributed by atoms with van der Waals surface area (Å²) in [4.78, 5) is 16.5. The number of thiophene rings is 1. The molecule has 6 rings (SSSR count). The third-order valence-electron chi connectivity index (χ3n) is 6.76. The van der Waals surface area contributed by atoms with Gasteiger partial charge in [-0.05, 0) is 74.0 Å². The minimum atomic E-state index is 0.555. The smallest absolute Gasteiger partial charge is 0.205 e. The Morgan fingerprint density at radius 1 is 1.15 bits per heavy atom. The van der Waals surface area contributed by atoms with Crippen LogP contribution in [0.15, 0.2) is 24.3 Å². The number of hydrogen-bond donors (Lipinski definition) is 0. The number of piperidine rings is 1. The number of aromatic nitrogens is 6. The minimum absolute atomic E-state index is 0.555. The van der Waals surface area contributed by atoms with E-state index < -0.39 is 0 Å². The topological polar surface area (TPSA) is 81.9 Å². The van der Waals surface area contributed by atoms with Gasteiger partial charge in [0, 0.05) is 10.4 Å². The van der Waals surface area contributed by atoms with E-state index in [1.54, 1.807) is 23.2 Å². The Bertz CT molecular complexity index is 1310. The van der Waals surface area contributed by atoms with Crippen LogP contribution in [0.3, 0.4) is 0 Å². The third kappa shape index (κ3) is 3.89. The summed E-state index contributed by atoms with van der Waals surface area (Å²) in [7, 11) is 1.66. The lowest BCUT2D eigenvalue weighted by atomic mass is 9.99. The van der Waals surface area contributed by atoms with Gasteiger partial charge in [0.25, 0.3) is 0 Å². The van der Waals surface area contributed by atoms with E-state index in [-0.39, 0.29) is 0 Å². The molecular weight excluding hydrogens is 434 g/mol. The van der Waals surface area contributed by atoms with Gasteiger partial charge in [-0.1, -0.05) is 19.1 Å². The number of nitrogens with zero attached hydrogens (tertiary/aromatic N) is 7. The Kier molecular flexibility index (Phi) is 5.30. The fourth-order valence-electron chi connectivity index (χ4n) is 4.84. The highest BCUT2D eigenvalue weighted by atomic mass is 32.1. The molecule has 0 atom stereocenters. The van der Waals surface area contributed by atoms with Crippen molar-refractivity contribution in [2.24, 2.45) is 5.92 Å². The SMILES string of the molecule is COc1cccc(-c2nnn(-c3nc(CN4CCC(C)CC4)nc4sc5c(c34)CCC5)n2)c1. The van der Waals surface area contributed by atoms with Gasteiger partial charge in [0.2, 0.25) is 5.82 Å². The summed E-state index contributed by atoms with van der Waals surface area (Å²) < 4.78 is 5.35. The molecule has 1 fully saturated rings. The molecule has 1 aliphatic carbocycles. The molecule has 0 spiro atoms. The second-order valence-corrected chi connectivity index (χ2v) is 10.2. The number of likely N-dealkylation sites (tertiary alicyclic amines) is 1. The summed E-state index contributed by atoms with van der Waals surface area (Å²) in [6.07, 6.45) is 5.83. The van der Waals surface area contributed by atoms with E-state index in [0.29, 0.717) is 5.82 Å². The first-order valence-corrected chi connectivity index (χ1v) is 12.5. The van der Waals surface area contributed by atoms with Gasteiger partial charge in [-0.15, -0.1) is 26.3 Å². The van der Waals surface area contributed by atoms with Gasteiger partial charge in [-0.25, -0.2) is 9.97 Å². The Balaban J connectivity index is 1.41. The van der Waals surface area contributed by atoms with Crippen LogP contribution in [0, 0.1) is 5.92 Å². The molecule has 0 saturated carbocycles. The average Bonchev–Trinajstić information content (AvgIpc) is 3.56. The minimum Gasteiger partial charge on any atom is -0.497 e. The molecule has 0 bridgehead atoms. The number of fused-ring (bicyclic) bond motifs is 3. The molecule has 0 unspecified atom stereocenters. The Hall–Kier alpha value is -2.91. The van der Waals surface area contributed by atoms with Crippen LogP contribution in [0.2, 0.25) is 0 Å². The molecule has 170 valence electrons. The Labute approximate surface area is 196 Å². The van der Waals surface area contributed by atoms with Crippen molar-refractivity contribution in [3.05, 3.63) is 40.5 Å². The van der Waals surface area contributed by atoms with E-state index in [9.17, 15) is 0 Å². The summed E-state index contributed by atoms with van der Waals surface area (Å²) >= 11 is 1.80. The molecule has 8 nitrogen and oxygen atoms in total. The first-order chi connectivity index (χ1) is 16.2. The summed E-state index contributed by atoms with van der Waals surface area (Å²) in [6, 6.07) is 7.72. The van der Waals surface area contributed by atoms with Crippen LogP contribution in [0.25, 0.3) is 27.4 Å². The highest BCUT2D eigenvalue weighted by Crippen LogP contribution is 2.39. The second kappa shape index (κ2) is 8.46. The van der Waals surface area contributed by atoms with Crippen molar-refractivity contribution in [3.63, 3.8) is 0 Å². The number of tetrazole rings is 1. The van der Waals surface area contributed by atoms with E-state index in [2.05, 4.69) is 22.1 Å². The average molecular weight is 462 g/mol. The van der Waals surface area contributed by atoms with Crippen LogP contribution in [0.4, 0.5) is 0 Å². The molecule has 3 aromatic heterocycles. The highest BCUT2D eigenvalue weighted by Gasteiger charge is 2.25. The summed E-state index contributed by atoms with van der Waals surface area (Å²) in [5.41, 5.74) is 2.23. The van der Waals surface area contributed by atoms with Crippen molar-refractivity contribution in [2.75, 3.05) is 20.2 Å². The zero-order valence-corrected chi connectivity index (χ0v) is 19.8. The van der Waals surface area contributed by atoms with Crippen LogP contribution in [0.5, 0.6) is 5.75 Å². The van der Waals surface area contributed by atoms with Crippen LogP contribution < -0.4 is 4.74 Å². The van der Waals surface area contributed by atoms with E-state index in [1.807, 2.05) is 24.3 Å². The Morgan fingerprint density at radius 2 is 2.03 bits per heavy atom. The van der Waals surface area contributed by atoms with E-state index in [0.717, 1.165) is 71.6 Å². The van der Waals surface area contributed by atoms with Crippen molar-refractivity contribution < 1.29 is 4.74 Å². The van der Waals surface area contributed by atoms with Crippen LogP contribution in [-0.2, 0) is 19.4 Å². The van der Waals surface area contributed by atoms with Crippen molar-refractivity contribution in [1.82, 2.24) is 35.1 Å². The predicted molar refractivity (Wildman–Crippen MR) is 128 cm³/mol. The van der Waals surface area contributed by atoms with Gasteiger partial charge >= 0.3 is 0 Å². The monoisotopic (exact) mass is 461 g/mol. The number of rotatable bonds is 5. The summed E-state index contributed by atoms with van der Waals surface area (Å²) in [5.74, 6) is 3.71. The van der Waals surface area contributed by atoms with Crippen molar-refractivity contribution in [3.8, 4) is 23.0 Å². The number of hydrogen-bond acceptors (Lipinski definition) is 8. The lowest BCUT2D eigenvalue weighted by Crippen LogP contribution is -2.33. The molecule has 4 heterocycles. The largest absolute Gasteiger partial charge is 0.497 e. The molecule has 0 amide bonds. The van der Waals surface area contributed by atoms with Crippen molar-refractivity contribution in [1.29, 1.82) is 0 Å². The Morgan fingerprint density at radius 3 is 2.88 bits per heavy atom. The fourth-order valence-corrected chi connectivity index (χ4v) is 6.11. The molecule has 9 heteroatoms. The molecular formula is C24H27N7OS. The lowest BCUT2D eigenvalue weighted by molar-refractivity contribution is 0.181. The number of methoxy groups -OCH3 is 1. The zero-order valence-electron chi connectivity index (χ0n) is 19.0. The second-order valence-electron chi connectivity index (χ2n) is 9.09. The van der Waals surface area contributed by atoms with Crippen LogP contribution >= 0.6 is 11.3 Å². The first kappa shape index (κ1) is 20.7. The van der Waals surface area contributed by atoms with E-state index in [4.69, 9.17) is 19.8 Å². The van der Waals surface area contributed by atoms with E-state index >= 15 is 0 Å². The van der Waals surface area contributed by atoms with Gasteiger partial charge in [0.1, 0.15) is 16.4 Å². The van der Waals surface area contributed by atoms with Gasteiger partial charge < -0.3 is 4.74 Å². The van der Waals surface area contributed by atoms with Crippen LogP contribution in [0.1, 0.15) is 42.5 Å². The standard InChI is InChI=1S/C24H27N7OS/c1-15-9-11-30(12-10-15)14-20-25-23(21-18-7-4-8-19(18)33-24(21)26-20)31-28-22(27-29-31)16-5-3-6-17(13-16)32-2/h3,5-6,13,15H,4,7-12,14H2,1-2H3. The number of aryl methyl sites for hydroxylation is 2. The number of ether oxygens (including phenoxy) is 1. The van der Waals surface area contributed by atoms with Gasteiger partial charge in [0.05, 0.1) is 19.0 Å². The quantitative estimate of drug-likeness (QED) is 0.443. The van der Waals surface area contributed by atoms with Crippen molar-refractivity contribution in [2.45, 2.75) is 45.6 Å². The van der Waals surface area contributed by atoms with Gasteiger partial charge in [0.15, 0.2) is 5.82 Å². The summed E-state index contributed by atoms with van der Waals surface area (Å²) in [5, 5.41) is 14.6. The molecule has 1 aliphatic heterocycles. The molecule has 1 aromatic carbocycles. The predicted octanol–water partition coefficient (Wildman–Crippen LogP) is 4.06. The number of benzene rings is 1.